The summed E-state index contributed by atoms with van der Waals surface area (Å²) in [5.74, 6) is 0.251. The van der Waals surface area contributed by atoms with Crippen molar-refractivity contribution >= 4 is 11.6 Å². The van der Waals surface area contributed by atoms with Crippen LogP contribution in [0.1, 0.15) is 30.9 Å². The fourth-order valence-corrected chi connectivity index (χ4v) is 2.09. The predicted molar refractivity (Wildman–Crippen MR) is 84.6 cm³/mol. The Morgan fingerprint density at radius 3 is 2.48 bits per heavy atom. The number of anilines is 1. The van der Waals surface area contributed by atoms with Gasteiger partial charge in [-0.3, -0.25) is 9.59 Å². The molecule has 0 saturated carbocycles. The van der Waals surface area contributed by atoms with Gasteiger partial charge in [-0.1, -0.05) is 32.0 Å². The highest BCUT2D eigenvalue weighted by Gasteiger charge is 2.06. The first kappa shape index (κ1) is 15.0. The van der Waals surface area contributed by atoms with E-state index >= 15 is 0 Å². The first-order valence-corrected chi connectivity index (χ1v) is 7.03. The van der Waals surface area contributed by atoms with Crippen molar-refractivity contribution in [2.45, 2.75) is 33.2 Å². The largest absolute Gasteiger partial charge is 0.325 e. The smallest absolute Gasteiger partial charge is 0.253 e. The minimum Gasteiger partial charge on any atom is -0.325 e. The Kier molecular flexibility index (Phi) is 4.58. The van der Waals surface area contributed by atoms with Gasteiger partial charge in [0, 0.05) is 17.4 Å². The summed E-state index contributed by atoms with van der Waals surface area (Å²) in [6.45, 7) is 6.00. The van der Waals surface area contributed by atoms with Crippen LogP contribution in [0.3, 0.4) is 0 Å². The van der Waals surface area contributed by atoms with Gasteiger partial charge < -0.3 is 9.88 Å². The van der Waals surface area contributed by atoms with Gasteiger partial charge in [-0.2, -0.15) is 0 Å². The molecule has 0 aliphatic carbocycles. The number of hydrogen-bond acceptors (Lipinski definition) is 2. The molecule has 2 rings (SSSR count). The van der Waals surface area contributed by atoms with Gasteiger partial charge in [0.05, 0.1) is 0 Å². The molecule has 1 aromatic heterocycles. The number of carbonyl (C=O) groups is 1. The molecule has 0 spiro atoms. The minimum absolute atomic E-state index is 0.0203. The van der Waals surface area contributed by atoms with Crippen LogP contribution in [-0.2, 0) is 11.3 Å². The summed E-state index contributed by atoms with van der Waals surface area (Å²) in [6, 6.07) is 11.3. The lowest BCUT2D eigenvalue weighted by Crippen LogP contribution is -2.28. The molecule has 1 N–H and O–H groups in total. The number of nitrogens with one attached hydrogen (secondary N) is 1. The lowest BCUT2D eigenvalue weighted by molar-refractivity contribution is -0.116. The van der Waals surface area contributed by atoms with Crippen LogP contribution in [0.2, 0.25) is 0 Å². The van der Waals surface area contributed by atoms with Crippen LogP contribution in [-0.4, -0.2) is 10.5 Å². The molecule has 0 fully saturated rings. The van der Waals surface area contributed by atoms with E-state index in [1.54, 1.807) is 25.3 Å². The molecule has 0 aliphatic heterocycles. The third-order valence-corrected chi connectivity index (χ3v) is 3.39. The Morgan fingerprint density at radius 1 is 1.19 bits per heavy atom. The number of aromatic nitrogens is 1. The molecule has 1 heterocycles. The van der Waals surface area contributed by atoms with Crippen LogP contribution in [0.4, 0.5) is 5.69 Å². The normalized spacial score (nSPS) is 10.7. The number of benzene rings is 1. The molecular weight excluding hydrogens is 264 g/mol. The van der Waals surface area contributed by atoms with E-state index in [0.717, 1.165) is 5.69 Å². The van der Waals surface area contributed by atoms with Crippen LogP contribution in [0.15, 0.2) is 47.4 Å². The topological polar surface area (TPSA) is 51.1 Å². The monoisotopic (exact) mass is 284 g/mol. The van der Waals surface area contributed by atoms with Crippen LogP contribution < -0.4 is 10.9 Å². The number of amides is 1. The Morgan fingerprint density at radius 2 is 1.86 bits per heavy atom. The van der Waals surface area contributed by atoms with Gasteiger partial charge in [0.1, 0.15) is 6.54 Å². The van der Waals surface area contributed by atoms with E-state index in [4.69, 9.17) is 0 Å². The molecule has 1 aromatic carbocycles. The quantitative estimate of drug-likeness (QED) is 0.938. The highest BCUT2D eigenvalue weighted by Crippen LogP contribution is 2.17. The SMILES string of the molecule is Cc1cccn(CC(=O)Nc2ccc(C(C)C)cc2)c1=O. The van der Waals surface area contributed by atoms with E-state index in [0.29, 0.717) is 11.5 Å². The van der Waals surface area contributed by atoms with Gasteiger partial charge in [-0.25, -0.2) is 0 Å². The van der Waals surface area contributed by atoms with Crippen molar-refractivity contribution in [3.63, 3.8) is 0 Å². The summed E-state index contributed by atoms with van der Waals surface area (Å²) in [5.41, 5.74) is 2.46. The molecule has 21 heavy (non-hydrogen) atoms. The maximum absolute atomic E-state index is 12.0. The highest BCUT2D eigenvalue weighted by molar-refractivity contribution is 5.90. The Bertz CT molecular complexity index is 685. The molecule has 0 atom stereocenters. The summed E-state index contributed by atoms with van der Waals surface area (Å²) in [7, 11) is 0. The maximum atomic E-state index is 12.0. The summed E-state index contributed by atoms with van der Waals surface area (Å²) in [4.78, 5) is 23.9. The van der Waals surface area contributed by atoms with Gasteiger partial charge in [0.2, 0.25) is 5.91 Å². The number of hydrogen-bond donors (Lipinski definition) is 1. The second kappa shape index (κ2) is 6.39. The Balaban J connectivity index is 2.05. The van der Waals surface area contributed by atoms with E-state index in [1.807, 2.05) is 24.3 Å². The molecule has 0 aliphatic rings. The molecule has 110 valence electrons. The fourth-order valence-electron chi connectivity index (χ4n) is 2.09. The van der Waals surface area contributed by atoms with Crippen LogP contribution in [0.25, 0.3) is 0 Å². The molecule has 0 radical (unpaired) electrons. The Labute approximate surface area is 124 Å². The minimum atomic E-state index is -0.208. The van der Waals surface area contributed by atoms with Gasteiger partial charge in [0.25, 0.3) is 5.56 Å². The zero-order valence-corrected chi connectivity index (χ0v) is 12.6. The van der Waals surface area contributed by atoms with E-state index in [1.165, 1.54) is 10.1 Å². The molecule has 2 aromatic rings. The van der Waals surface area contributed by atoms with E-state index < -0.39 is 0 Å². The zero-order chi connectivity index (χ0) is 15.4. The van der Waals surface area contributed by atoms with Gasteiger partial charge in [-0.15, -0.1) is 0 Å². The third-order valence-electron chi connectivity index (χ3n) is 3.39. The Hall–Kier alpha value is -2.36. The molecular formula is C17H20N2O2. The standard InChI is InChI=1S/C17H20N2O2/c1-12(2)14-6-8-15(9-7-14)18-16(20)11-19-10-4-5-13(3)17(19)21/h4-10,12H,11H2,1-3H3,(H,18,20). The lowest BCUT2D eigenvalue weighted by atomic mass is 10.0. The first-order chi connectivity index (χ1) is 9.97. The first-order valence-electron chi connectivity index (χ1n) is 7.03. The van der Waals surface area contributed by atoms with Crippen molar-refractivity contribution in [1.82, 2.24) is 4.57 Å². The number of aryl methyl sites for hydroxylation is 1. The summed E-state index contributed by atoms with van der Waals surface area (Å²) < 4.78 is 1.41. The predicted octanol–water partition coefficient (Wildman–Crippen LogP) is 2.92. The number of pyridine rings is 1. The maximum Gasteiger partial charge on any atom is 0.253 e. The van der Waals surface area contributed by atoms with Crippen LogP contribution >= 0.6 is 0 Å². The van der Waals surface area contributed by atoms with Crippen molar-refractivity contribution < 1.29 is 4.79 Å². The van der Waals surface area contributed by atoms with Crippen molar-refractivity contribution in [2.24, 2.45) is 0 Å². The zero-order valence-electron chi connectivity index (χ0n) is 12.6. The molecule has 4 nitrogen and oxygen atoms in total. The van der Waals surface area contributed by atoms with E-state index in [2.05, 4.69) is 19.2 Å². The van der Waals surface area contributed by atoms with E-state index in [-0.39, 0.29) is 18.0 Å². The summed E-state index contributed by atoms with van der Waals surface area (Å²) in [6.07, 6.45) is 1.62. The number of carbonyl (C=O) groups excluding carboxylic acids is 1. The molecule has 0 saturated heterocycles. The number of rotatable bonds is 4. The van der Waals surface area contributed by atoms with Gasteiger partial charge in [0.15, 0.2) is 0 Å². The highest BCUT2D eigenvalue weighted by atomic mass is 16.2. The van der Waals surface area contributed by atoms with Gasteiger partial charge in [-0.05, 0) is 36.6 Å². The van der Waals surface area contributed by atoms with Crippen molar-refractivity contribution in [1.29, 1.82) is 0 Å². The summed E-state index contributed by atoms with van der Waals surface area (Å²) >= 11 is 0. The second-order valence-corrected chi connectivity index (χ2v) is 5.45. The average molecular weight is 284 g/mol. The molecule has 4 heteroatoms. The van der Waals surface area contributed by atoms with Crippen molar-refractivity contribution in [2.75, 3.05) is 5.32 Å². The fraction of sp³-hybridized carbons (Fsp3) is 0.294. The molecule has 0 bridgehead atoms. The lowest BCUT2D eigenvalue weighted by Gasteiger charge is -2.09. The molecule has 1 amide bonds. The van der Waals surface area contributed by atoms with Crippen molar-refractivity contribution in [3.05, 3.63) is 64.1 Å². The average Bonchev–Trinajstić information content (AvgIpc) is 2.44. The van der Waals surface area contributed by atoms with Crippen molar-refractivity contribution in [3.8, 4) is 0 Å². The summed E-state index contributed by atoms with van der Waals surface area (Å²) in [5, 5.41) is 2.80. The number of nitrogens with zero attached hydrogens (tertiary/aromatic N) is 1. The van der Waals surface area contributed by atoms with Crippen LogP contribution in [0, 0.1) is 6.92 Å². The van der Waals surface area contributed by atoms with Crippen LogP contribution in [0.5, 0.6) is 0 Å². The molecule has 0 unspecified atom stereocenters. The third kappa shape index (κ3) is 3.81. The second-order valence-electron chi connectivity index (χ2n) is 5.45. The van der Waals surface area contributed by atoms with E-state index in [9.17, 15) is 9.59 Å². The van der Waals surface area contributed by atoms with Gasteiger partial charge >= 0.3 is 0 Å².